The van der Waals surface area contributed by atoms with Gasteiger partial charge >= 0.3 is 0 Å². The van der Waals surface area contributed by atoms with Crippen molar-refractivity contribution in [1.82, 2.24) is 19.6 Å². The molecule has 2 fully saturated rings. The van der Waals surface area contributed by atoms with Crippen LogP contribution in [0.2, 0.25) is 0 Å². The van der Waals surface area contributed by atoms with Gasteiger partial charge in [-0.2, -0.15) is 4.31 Å². The van der Waals surface area contributed by atoms with Gasteiger partial charge in [0.05, 0.1) is 24.1 Å². The number of β-amino-alcohol motifs (C(OH)–C–C–N with tert-alkyl or cyclic N) is 1. The summed E-state index contributed by atoms with van der Waals surface area (Å²) in [5.41, 5.74) is 1.11. The quantitative estimate of drug-likeness (QED) is 0.694. The number of fused-ring (bicyclic) bond motifs is 1. The summed E-state index contributed by atoms with van der Waals surface area (Å²) in [6.07, 6.45) is 6.75. The van der Waals surface area contributed by atoms with Gasteiger partial charge in [-0.1, -0.05) is 0 Å². The zero-order chi connectivity index (χ0) is 19.7. The largest absolute Gasteiger partial charge is 0.390 e. The van der Waals surface area contributed by atoms with E-state index in [4.69, 9.17) is 0 Å². The number of piperidine rings is 2. The fourth-order valence-corrected chi connectivity index (χ4v) is 5.01. The molecule has 28 heavy (non-hydrogen) atoms. The standard InChI is InChI=1S/C19H27N5O3S/c1-28(26,27)24-9-5-16(17(25)12-24)23-18-10-15-14(11-22-18)4-8-21-19(15)13-2-6-20-7-3-13/h4,8,10-11,13,16-17,20,25H,2-3,5-7,9,12H2,1H3,(H,22,23)/t16-,17-/m1/s1. The van der Waals surface area contributed by atoms with Crippen LogP contribution in [0.5, 0.6) is 0 Å². The van der Waals surface area contributed by atoms with Gasteiger partial charge in [-0.05, 0) is 44.5 Å². The molecule has 2 saturated heterocycles. The zero-order valence-corrected chi connectivity index (χ0v) is 16.8. The Morgan fingerprint density at radius 2 is 2.04 bits per heavy atom. The first kappa shape index (κ1) is 19.5. The summed E-state index contributed by atoms with van der Waals surface area (Å²) in [4.78, 5) is 9.16. The van der Waals surface area contributed by atoms with Crippen molar-refractivity contribution in [3.05, 3.63) is 30.2 Å². The van der Waals surface area contributed by atoms with E-state index in [1.165, 1.54) is 10.6 Å². The highest BCUT2D eigenvalue weighted by Crippen LogP contribution is 2.30. The fraction of sp³-hybridized carbons (Fsp3) is 0.579. The molecule has 0 bridgehead atoms. The monoisotopic (exact) mass is 405 g/mol. The van der Waals surface area contributed by atoms with E-state index in [0.717, 1.165) is 42.4 Å². The van der Waals surface area contributed by atoms with Gasteiger partial charge in [0.25, 0.3) is 0 Å². The van der Waals surface area contributed by atoms with Crippen LogP contribution < -0.4 is 10.6 Å². The maximum Gasteiger partial charge on any atom is 0.211 e. The topological polar surface area (TPSA) is 107 Å². The van der Waals surface area contributed by atoms with Crippen molar-refractivity contribution < 1.29 is 13.5 Å². The van der Waals surface area contributed by atoms with E-state index in [1.807, 2.05) is 24.5 Å². The Labute approximate surface area is 165 Å². The van der Waals surface area contributed by atoms with Gasteiger partial charge in [0.2, 0.25) is 10.0 Å². The number of aliphatic hydroxyl groups excluding tert-OH is 1. The molecule has 152 valence electrons. The summed E-state index contributed by atoms with van der Waals surface area (Å²) in [7, 11) is -3.29. The summed E-state index contributed by atoms with van der Waals surface area (Å²) in [6, 6.07) is 3.74. The third kappa shape index (κ3) is 4.12. The van der Waals surface area contributed by atoms with E-state index >= 15 is 0 Å². The molecule has 0 aromatic carbocycles. The highest BCUT2D eigenvalue weighted by molar-refractivity contribution is 7.88. The minimum atomic E-state index is -3.29. The van der Waals surface area contributed by atoms with Crippen LogP contribution in [0.4, 0.5) is 5.82 Å². The van der Waals surface area contributed by atoms with Crippen LogP contribution in [0.15, 0.2) is 24.5 Å². The number of sulfonamides is 1. The molecule has 0 aliphatic carbocycles. The first-order chi connectivity index (χ1) is 13.4. The number of rotatable bonds is 4. The molecule has 0 radical (unpaired) electrons. The lowest BCUT2D eigenvalue weighted by Gasteiger charge is -2.35. The maximum absolute atomic E-state index is 11.7. The van der Waals surface area contributed by atoms with Crippen LogP contribution >= 0.6 is 0 Å². The van der Waals surface area contributed by atoms with Crippen molar-refractivity contribution in [3.63, 3.8) is 0 Å². The van der Waals surface area contributed by atoms with Crippen LogP contribution in [0.3, 0.4) is 0 Å². The molecule has 4 rings (SSSR count). The lowest BCUT2D eigenvalue weighted by molar-refractivity contribution is 0.0952. The van der Waals surface area contributed by atoms with Gasteiger partial charge in [-0.25, -0.2) is 13.4 Å². The molecule has 2 atom stereocenters. The first-order valence-corrected chi connectivity index (χ1v) is 11.6. The molecular formula is C19H27N5O3S. The fourth-order valence-electron chi connectivity index (χ4n) is 4.15. The smallest absolute Gasteiger partial charge is 0.211 e. The molecule has 4 heterocycles. The maximum atomic E-state index is 11.7. The molecule has 2 aromatic rings. The average Bonchev–Trinajstić information content (AvgIpc) is 2.69. The summed E-state index contributed by atoms with van der Waals surface area (Å²) in [6.45, 7) is 2.50. The Balaban J connectivity index is 1.55. The third-order valence-corrected chi connectivity index (χ3v) is 7.02. The third-order valence-electron chi connectivity index (χ3n) is 5.75. The van der Waals surface area contributed by atoms with Crippen LogP contribution in [0.25, 0.3) is 10.8 Å². The Morgan fingerprint density at radius 1 is 1.25 bits per heavy atom. The number of pyridine rings is 2. The second kappa shape index (κ2) is 7.90. The van der Waals surface area contributed by atoms with Crippen molar-refractivity contribution in [1.29, 1.82) is 0 Å². The van der Waals surface area contributed by atoms with E-state index in [-0.39, 0.29) is 12.6 Å². The number of anilines is 1. The van der Waals surface area contributed by atoms with E-state index in [1.54, 1.807) is 0 Å². The lowest BCUT2D eigenvalue weighted by Crippen LogP contribution is -2.51. The van der Waals surface area contributed by atoms with E-state index < -0.39 is 16.1 Å². The lowest BCUT2D eigenvalue weighted by atomic mass is 9.91. The van der Waals surface area contributed by atoms with Crippen molar-refractivity contribution in [2.75, 3.05) is 37.8 Å². The van der Waals surface area contributed by atoms with Gasteiger partial charge in [-0.15, -0.1) is 0 Å². The van der Waals surface area contributed by atoms with Crippen molar-refractivity contribution >= 4 is 26.6 Å². The Morgan fingerprint density at radius 3 is 2.75 bits per heavy atom. The summed E-state index contributed by atoms with van der Waals surface area (Å²) < 4.78 is 24.7. The van der Waals surface area contributed by atoms with Crippen molar-refractivity contribution in [2.45, 2.75) is 37.3 Å². The van der Waals surface area contributed by atoms with Gasteiger partial charge in [0.15, 0.2) is 0 Å². The average molecular weight is 406 g/mol. The molecule has 0 spiro atoms. The Bertz CT molecular complexity index is 946. The van der Waals surface area contributed by atoms with Gasteiger partial charge in [0, 0.05) is 42.2 Å². The number of nitrogens with zero attached hydrogens (tertiary/aromatic N) is 3. The van der Waals surface area contributed by atoms with Crippen LogP contribution in [-0.2, 0) is 10.0 Å². The molecule has 9 heteroatoms. The predicted octanol–water partition coefficient (Wildman–Crippen LogP) is 0.903. The Kier molecular flexibility index (Phi) is 5.50. The first-order valence-electron chi connectivity index (χ1n) is 9.77. The molecule has 8 nitrogen and oxygen atoms in total. The van der Waals surface area contributed by atoms with Gasteiger partial charge in [-0.3, -0.25) is 4.98 Å². The number of hydrogen-bond acceptors (Lipinski definition) is 7. The molecule has 3 N–H and O–H groups in total. The highest BCUT2D eigenvalue weighted by Gasteiger charge is 2.32. The molecule has 2 aromatic heterocycles. The second-order valence-corrected chi connectivity index (χ2v) is 9.72. The van der Waals surface area contributed by atoms with E-state index in [2.05, 4.69) is 20.6 Å². The SMILES string of the molecule is CS(=O)(=O)N1CC[C@@H](Nc2cc3c(C4CCNCC4)nccc3cn2)[C@H](O)C1. The number of nitrogens with one attached hydrogen (secondary N) is 2. The summed E-state index contributed by atoms with van der Waals surface area (Å²) in [5, 5.41) is 19.3. The number of aromatic nitrogens is 2. The van der Waals surface area contributed by atoms with Gasteiger partial charge in [0.1, 0.15) is 5.82 Å². The molecule has 2 aliphatic rings. The molecular weight excluding hydrogens is 378 g/mol. The normalized spacial score (nSPS) is 25.1. The highest BCUT2D eigenvalue weighted by atomic mass is 32.2. The molecule has 2 aliphatic heterocycles. The van der Waals surface area contributed by atoms with Crippen LogP contribution in [-0.4, -0.2) is 72.4 Å². The Hall–Kier alpha value is -1.81. The van der Waals surface area contributed by atoms with E-state index in [9.17, 15) is 13.5 Å². The molecule has 0 amide bonds. The summed E-state index contributed by atoms with van der Waals surface area (Å²) in [5.74, 6) is 1.12. The minimum Gasteiger partial charge on any atom is -0.390 e. The number of aliphatic hydroxyl groups is 1. The molecule has 0 unspecified atom stereocenters. The predicted molar refractivity (Wildman–Crippen MR) is 109 cm³/mol. The van der Waals surface area contributed by atoms with Crippen molar-refractivity contribution in [3.8, 4) is 0 Å². The zero-order valence-electron chi connectivity index (χ0n) is 16.0. The van der Waals surface area contributed by atoms with Crippen molar-refractivity contribution in [2.24, 2.45) is 0 Å². The van der Waals surface area contributed by atoms with E-state index in [0.29, 0.717) is 24.7 Å². The summed E-state index contributed by atoms with van der Waals surface area (Å²) >= 11 is 0. The molecule has 0 saturated carbocycles. The second-order valence-electron chi connectivity index (χ2n) is 7.74. The van der Waals surface area contributed by atoms with Crippen LogP contribution in [0.1, 0.15) is 30.9 Å². The van der Waals surface area contributed by atoms with Gasteiger partial charge < -0.3 is 15.7 Å². The van der Waals surface area contributed by atoms with Crippen LogP contribution in [0, 0.1) is 0 Å². The number of hydrogen-bond donors (Lipinski definition) is 3. The minimum absolute atomic E-state index is 0.103.